The first kappa shape index (κ1) is 19.7. The molecule has 0 aliphatic heterocycles. The molecule has 3 rings (SSSR count). The number of rotatable bonds is 5. The topological polar surface area (TPSA) is 94.0 Å². The first-order valence-electron chi connectivity index (χ1n) is 8.09. The van der Waals surface area contributed by atoms with Gasteiger partial charge < -0.3 is 15.6 Å². The van der Waals surface area contributed by atoms with Crippen LogP contribution < -0.4 is 11.1 Å². The molecule has 136 valence electrons. The predicted octanol–water partition coefficient (Wildman–Crippen LogP) is 3.61. The minimum atomic E-state index is -0.490. The Bertz CT molecular complexity index is 744. The zero-order chi connectivity index (χ0) is 17.3. The predicted molar refractivity (Wildman–Crippen MR) is 97.8 cm³/mol. The molecule has 0 saturated heterocycles. The van der Waals surface area contributed by atoms with Crippen LogP contribution in [0.4, 0.5) is 0 Å². The van der Waals surface area contributed by atoms with E-state index >= 15 is 0 Å². The van der Waals surface area contributed by atoms with Crippen molar-refractivity contribution in [2.24, 2.45) is 11.7 Å². The van der Waals surface area contributed by atoms with E-state index in [9.17, 15) is 4.79 Å². The van der Waals surface area contributed by atoms with Crippen molar-refractivity contribution >= 4 is 29.9 Å². The van der Waals surface area contributed by atoms with Gasteiger partial charge in [0.15, 0.2) is 5.82 Å². The van der Waals surface area contributed by atoms with Crippen molar-refractivity contribution in [1.82, 2.24) is 15.5 Å². The monoisotopic (exact) mass is 384 g/mol. The van der Waals surface area contributed by atoms with Crippen LogP contribution in [0, 0.1) is 5.92 Å². The van der Waals surface area contributed by atoms with E-state index in [1.807, 2.05) is 13.8 Å². The smallest absolute Gasteiger partial charge is 0.253 e. The standard InChI is InChI=1S/C17H21ClN4O2.ClH/c1-10(2)13(20-14(23)11-6-3-4-7-12(11)18)15-21-16(22-24-15)17(19)8-5-9-17;/h3-4,6-7,10,13H,5,8-9,19H2,1-2H3,(H,20,23);1H. The number of hydrogen-bond donors (Lipinski definition) is 2. The molecular formula is C17H22Cl2N4O2. The van der Waals surface area contributed by atoms with Crippen LogP contribution in [0.1, 0.15) is 61.2 Å². The number of nitrogens with one attached hydrogen (secondary N) is 1. The van der Waals surface area contributed by atoms with Gasteiger partial charge >= 0.3 is 0 Å². The molecule has 1 fully saturated rings. The summed E-state index contributed by atoms with van der Waals surface area (Å²) in [7, 11) is 0. The summed E-state index contributed by atoms with van der Waals surface area (Å²) < 4.78 is 5.39. The Labute approximate surface area is 157 Å². The maximum atomic E-state index is 12.5. The summed E-state index contributed by atoms with van der Waals surface area (Å²) in [6.07, 6.45) is 2.77. The van der Waals surface area contributed by atoms with Crippen LogP contribution in [0.25, 0.3) is 0 Å². The van der Waals surface area contributed by atoms with Crippen LogP contribution in [0.15, 0.2) is 28.8 Å². The van der Waals surface area contributed by atoms with E-state index in [0.29, 0.717) is 22.3 Å². The van der Waals surface area contributed by atoms with Gasteiger partial charge in [0.1, 0.15) is 6.04 Å². The maximum absolute atomic E-state index is 12.5. The van der Waals surface area contributed by atoms with E-state index in [0.717, 1.165) is 19.3 Å². The molecule has 1 atom stereocenters. The molecule has 1 aliphatic rings. The van der Waals surface area contributed by atoms with Gasteiger partial charge in [0.05, 0.1) is 16.1 Å². The average Bonchev–Trinajstić information content (AvgIpc) is 3.00. The fourth-order valence-corrected chi connectivity index (χ4v) is 2.94. The Morgan fingerprint density at radius 3 is 2.60 bits per heavy atom. The lowest BCUT2D eigenvalue weighted by Crippen LogP contribution is -2.44. The summed E-state index contributed by atoms with van der Waals surface area (Å²) in [5.74, 6) is 0.684. The van der Waals surface area contributed by atoms with Gasteiger partial charge in [-0.3, -0.25) is 4.79 Å². The van der Waals surface area contributed by atoms with E-state index in [1.54, 1.807) is 24.3 Å². The number of carbonyl (C=O) groups excluding carboxylic acids is 1. The van der Waals surface area contributed by atoms with Crippen LogP contribution in [0.3, 0.4) is 0 Å². The van der Waals surface area contributed by atoms with Gasteiger partial charge in [-0.2, -0.15) is 4.98 Å². The second-order valence-corrected chi connectivity index (χ2v) is 7.05. The Balaban J connectivity index is 0.00000225. The number of hydrogen-bond acceptors (Lipinski definition) is 5. The highest BCUT2D eigenvalue weighted by Crippen LogP contribution is 2.37. The fourth-order valence-electron chi connectivity index (χ4n) is 2.72. The second kappa shape index (κ2) is 7.72. The first-order chi connectivity index (χ1) is 11.4. The molecule has 1 saturated carbocycles. The third-order valence-electron chi connectivity index (χ3n) is 4.47. The molecule has 1 unspecified atom stereocenters. The zero-order valence-corrected chi connectivity index (χ0v) is 15.7. The van der Waals surface area contributed by atoms with Crippen molar-refractivity contribution in [2.45, 2.75) is 44.7 Å². The SMILES string of the molecule is CC(C)C(NC(=O)c1ccccc1Cl)c1nc(C2(N)CCC2)no1.Cl. The lowest BCUT2D eigenvalue weighted by molar-refractivity contribution is 0.0914. The molecule has 0 radical (unpaired) electrons. The van der Waals surface area contributed by atoms with E-state index in [4.69, 9.17) is 21.9 Å². The first-order valence-corrected chi connectivity index (χ1v) is 8.47. The molecule has 1 heterocycles. The van der Waals surface area contributed by atoms with Crippen LogP contribution in [-0.2, 0) is 5.54 Å². The van der Waals surface area contributed by atoms with Crippen LogP contribution in [0.5, 0.6) is 0 Å². The Kier molecular flexibility index (Phi) is 6.08. The lowest BCUT2D eigenvalue weighted by atomic mass is 9.77. The van der Waals surface area contributed by atoms with Crippen molar-refractivity contribution in [3.05, 3.63) is 46.6 Å². The summed E-state index contributed by atoms with van der Waals surface area (Å²) in [6.45, 7) is 3.95. The number of nitrogens with two attached hydrogens (primary N) is 1. The number of aromatic nitrogens is 2. The molecule has 1 aliphatic carbocycles. The third-order valence-corrected chi connectivity index (χ3v) is 4.80. The van der Waals surface area contributed by atoms with Crippen molar-refractivity contribution < 1.29 is 9.32 Å². The highest BCUT2D eigenvalue weighted by atomic mass is 35.5. The molecule has 1 amide bonds. The molecule has 8 heteroatoms. The average molecular weight is 385 g/mol. The van der Waals surface area contributed by atoms with Gasteiger partial charge in [-0.15, -0.1) is 12.4 Å². The fraction of sp³-hybridized carbons (Fsp3) is 0.471. The number of benzene rings is 1. The van der Waals surface area contributed by atoms with Gasteiger partial charge in [-0.25, -0.2) is 0 Å². The molecule has 0 bridgehead atoms. The van der Waals surface area contributed by atoms with Crippen LogP contribution >= 0.6 is 24.0 Å². The minimum absolute atomic E-state index is 0. The summed E-state index contributed by atoms with van der Waals surface area (Å²) in [6, 6.07) is 6.50. The highest BCUT2D eigenvalue weighted by Gasteiger charge is 2.40. The molecular weight excluding hydrogens is 363 g/mol. The minimum Gasteiger partial charge on any atom is -0.340 e. The summed E-state index contributed by atoms with van der Waals surface area (Å²) >= 11 is 6.09. The number of nitrogens with zero attached hydrogens (tertiary/aromatic N) is 2. The van der Waals surface area contributed by atoms with Crippen molar-refractivity contribution in [1.29, 1.82) is 0 Å². The summed E-state index contributed by atoms with van der Waals surface area (Å²) in [4.78, 5) is 17.0. The summed E-state index contributed by atoms with van der Waals surface area (Å²) in [5.41, 5.74) is 6.16. The van der Waals surface area contributed by atoms with E-state index in [1.165, 1.54) is 0 Å². The highest BCUT2D eigenvalue weighted by molar-refractivity contribution is 6.33. The van der Waals surface area contributed by atoms with Crippen molar-refractivity contribution in [3.63, 3.8) is 0 Å². The van der Waals surface area contributed by atoms with Crippen molar-refractivity contribution in [2.75, 3.05) is 0 Å². The van der Waals surface area contributed by atoms with Crippen LogP contribution in [-0.4, -0.2) is 16.0 Å². The van der Waals surface area contributed by atoms with Gasteiger partial charge in [0, 0.05) is 0 Å². The number of carbonyl (C=O) groups is 1. The third kappa shape index (κ3) is 3.97. The maximum Gasteiger partial charge on any atom is 0.253 e. The van der Waals surface area contributed by atoms with Crippen LogP contribution in [0.2, 0.25) is 5.02 Å². The molecule has 3 N–H and O–H groups in total. The number of amides is 1. The second-order valence-electron chi connectivity index (χ2n) is 6.64. The van der Waals surface area contributed by atoms with E-state index in [2.05, 4.69) is 15.5 Å². The Morgan fingerprint density at radius 1 is 1.36 bits per heavy atom. The molecule has 0 spiro atoms. The van der Waals surface area contributed by atoms with E-state index < -0.39 is 11.6 Å². The molecule has 1 aromatic carbocycles. The molecule has 25 heavy (non-hydrogen) atoms. The molecule has 6 nitrogen and oxygen atoms in total. The van der Waals surface area contributed by atoms with Gasteiger partial charge in [-0.05, 0) is 37.3 Å². The Hall–Kier alpha value is -1.63. The lowest BCUT2D eigenvalue weighted by Gasteiger charge is -2.34. The summed E-state index contributed by atoms with van der Waals surface area (Å²) in [5, 5.41) is 7.35. The van der Waals surface area contributed by atoms with Gasteiger partial charge in [0.25, 0.3) is 5.91 Å². The molecule has 1 aromatic heterocycles. The van der Waals surface area contributed by atoms with E-state index in [-0.39, 0.29) is 24.2 Å². The normalized spacial score (nSPS) is 16.7. The number of halogens is 2. The van der Waals surface area contributed by atoms with Crippen molar-refractivity contribution in [3.8, 4) is 0 Å². The Morgan fingerprint density at radius 2 is 2.04 bits per heavy atom. The molecule has 2 aromatic rings. The quantitative estimate of drug-likeness (QED) is 0.820. The van der Waals surface area contributed by atoms with Gasteiger partial charge in [0.2, 0.25) is 5.89 Å². The largest absolute Gasteiger partial charge is 0.340 e. The zero-order valence-electron chi connectivity index (χ0n) is 14.2. The van der Waals surface area contributed by atoms with Gasteiger partial charge in [-0.1, -0.05) is 42.7 Å².